The molecule has 0 bridgehead atoms. The molecule has 0 saturated heterocycles. The van der Waals surface area contributed by atoms with Crippen LogP contribution in [0.4, 0.5) is 15.9 Å². The zero-order valence-electron chi connectivity index (χ0n) is 10.5. The van der Waals surface area contributed by atoms with Gasteiger partial charge in [-0.3, -0.25) is 0 Å². The molecule has 3 nitrogen and oxygen atoms in total. The van der Waals surface area contributed by atoms with E-state index in [1.165, 1.54) is 6.07 Å². The molecule has 94 valence electrons. The molecule has 18 heavy (non-hydrogen) atoms. The van der Waals surface area contributed by atoms with Gasteiger partial charge in [-0.25, -0.2) is 9.37 Å². The minimum absolute atomic E-state index is 0.150. The number of para-hydroxylation sites is 1. The Morgan fingerprint density at radius 1 is 1.22 bits per heavy atom. The first kappa shape index (κ1) is 12.5. The van der Waals surface area contributed by atoms with E-state index >= 15 is 0 Å². The number of hydrogen-bond donors (Lipinski definition) is 1. The monoisotopic (exact) mass is 245 g/mol. The predicted octanol–water partition coefficient (Wildman–Crippen LogP) is 3.01. The Balaban J connectivity index is 2.46. The molecule has 0 spiro atoms. The minimum Gasteiger partial charge on any atom is -0.327 e. The summed E-state index contributed by atoms with van der Waals surface area (Å²) in [4.78, 5) is 6.01. The quantitative estimate of drug-likeness (QED) is 0.903. The fraction of sp³-hybridized carbons (Fsp3) is 0.214. The number of hydrogen-bond acceptors (Lipinski definition) is 3. The molecule has 1 aromatic heterocycles. The van der Waals surface area contributed by atoms with Gasteiger partial charge in [-0.15, -0.1) is 0 Å². The third-order valence-electron chi connectivity index (χ3n) is 2.84. The third kappa shape index (κ3) is 2.33. The number of halogens is 1. The van der Waals surface area contributed by atoms with Crippen LogP contribution >= 0.6 is 0 Å². The van der Waals surface area contributed by atoms with Gasteiger partial charge in [-0.1, -0.05) is 18.2 Å². The molecule has 2 N–H and O–H groups in total. The Morgan fingerprint density at radius 3 is 2.61 bits per heavy atom. The summed E-state index contributed by atoms with van der Waals surface area (Å²) in [5, 5.41) is 0. The second-order valence-electron chi connectivity index (χ2n) is 4.22. The van der Waals surface area contributed by atoms with Crippen molar-refractivity contribution in [1.29, 1.82) is 0 Å². The van der Waals surface area contributed by atoms with E-state index in [0.29, 0.717) is 11.5 Å². The van der Waals surface area contributed by atoms with Crippen molar-refractivity contribution in [3.8, 4) is 0 Å². The van der Waals surface area contributed by atoms with Crippen LogP contribution in [0.3, 0.4) is 0 Å². The van der Waals surface area contributed by atoms with Crippen LogP contribution in [-0.2, 0) is 0 Å². The lowest BCUT2D eigenvalue weighted by Crippen LogP contribution is -2.18. The Bertz CT molecular complexity index is 540. The Hall–Kier alpha value is -1.94. The summed E-state index contributed by atoms with van der Waals surface area (Å²) in [6.45, 7) is 1.88. The van der Waals surface area contributed by atoms with Crippen molar-refractivity contribution in [2.24, 2.45) is 5.73 Å². The van der Waals surface area contributed by atoms with Gasteiger partial charge in [0, 0.05) is 24.8 Å². The van der Waals surface area contributed by atoms with Gasteiger partial charge in [0.2, 0.25) is 0 Å². The molecule has 0 saturated carbocycles. The van der Waals surface area contributed by atoms with Crippen LogP contribution in [0.25, 0.3) is 0 Å². The number of anilines is 2. The molecule has 1 unspecified atom stereocenters. The number of pyridine rings is 1. The summed E-state index contributed by atoms with van der Waals surface area (Å²) in [5.41, 5.74) is 7.28. The van der Waals surface area contributed by atoms with Gasteiger partial charge in [0.1, 0.15) is 11.6 Å². The fourth-order valence-corrected chi connectivity index (χ4v) is 1.88. The number of nitrogens with zero attached hydrogens (tertiary/aromatic N) is 2. The second-order valence-corrected chi connectivity index (χ2v) is 4.22. The lowest BCUT2D eigenvalue weighted by Gasteiger charge is -2.22. The van der Waals surface area contributed by atoms with Gasteiger partial charge >= 0.3 is 0 Å². The molecule has 0 fully saturated rings. The summed E-state index contributed by atoms with van der Waals surface area (Å²) in [6.07, 6.45) is 1.68. The number of benzene rings is 1. The molecule has 1 heterocycles. The summed E-state index contributed by atoms with van der Waals surface area (Å²) in [6, 6.07) is 10.2. The minimum atomic E-state index is -0.277. The number of rotatable bonds is 3. The van der Waals surface area contributed by atoms with Crippen LogP contribution in [0.5, 0.6) is 0 Å². The largest absolute Gasteiger partial charge is 0.327 e. The molecule has 0 aliphatic carbocycles. The first-order valence-electron chi connectivity index (χ1n) is 5.80. The van der Waals surface area contributed by atoms with E-state index < -0.39 is 0 Å². The van der Waals surface area contributed by atoms with Crippen LogP contribution in [0.1, 0.15) is 18.5 Å². The van der Waals surface area contributed by atoms with Crippen LogP contribution in [0, 0.1) is 5.82 Å². The lowest BCUT2D eigenvalue weighted by atomic mass is 10.1. The Morgan fingerprint density at radius 2 is 1.94 bits per heavy atom. The molecule has 2 aromatic rings. The smallest absolute Gasteiger partial charge is 0.146 e. The van der Waals surface area contributed by atoms with Crippen molar-refractivity contribution >= 4 is 11.5 Å². The second kappa shape index (κ2) is 5.14. The highest BCUT2D eigenvalue weighted by atomic mass is 19.1. The maximum Gasteiger partial charge on any atom is 0.146 e. The SMILES string of the molecule is CC(N)c1cccnc1N(C)c1ccccc1F. The van der Waals surface area contributed by atoms with Gasteiger partial charge in [0.05, 0.1) is 5.69 Å². The molecular weight excluding hydrogens is 229 g/mol. The van der Waals surface area contributed by atoms with Crippen molar-refractivity contribution in [1.82, 2.24) is 4.98 Å². The van der Waals surface area contributed by atoms with Crippen molar-refractivity contribution < 1.29 is 4.39 Å². The van der Waals surface area contributed by atoms with Gasteiger partial charge in [-0.05, 0) is 25.1 Å². The maximum atomic E-state index is 13.8. The summed E-state index contributed by atoms with van der Waals surface area (Å²) in [5.74, 6) is 0.402. The molecule has 0 amide bonds. The topological polar surface area (TPSA) is 42.1 Å². The van der Waals surface area contributed by atoms with E-state index in [1.807, 2.05) is 19.1 Å². The van der Waals surface area contributed by atoms with E-state index in [-0.39, 0.29) is 11.9 Å². The summed E-state index contributed by atoms with van der Waals surface area (Å²) < 4.78 is 13.8. The first-order valence-corrected chi connectivity index (χ1v) is 5.80. The van der Waals surface area contributed by atoms with E-state index in [0.717, 1.165) is 5.56 Å². The van der Waals surface area contributed by atoms with Crippen LogP contribution in [0.15, 0.2) is 42.6 Å². The van der Waals surface area contributed by atoms with Crippen LogP contribution in [0.2, 0.25) is 0 Å². The highest BCUT2D eigenvalue weighted by molar-refractivity contribution is 5.63. The number of nitrogens with two attached hydrogens (primary N) is 1. The average molecular weight is 245 g/mol. The molecule has 0 aliphatic rings. The van der Waals surface area contributed by atoms with Gasteiger partial charge < -0.3 is 10.6 Å². The van der Waals surface area contributed by atoms with Crippen LogP contribution < -0.4 is 10.6 Å². The normalized spacial score (nSPS) is 12.2. The molecule has 0 radical (unpaired) electrons. The zero-order chi connectivity index (χ0) is 13.1. The molecule has 0 aliphatic heterocycles. The van der Waals surface area contributed by atoms with Crippen molar-refractivity contribution in [2.45, 2.75) is 13.0 Å². The Labute approximate surface area is 106 Å². The molecule has 1 aromatic carbocycles. The summed E-state index contributed by atoms with van der Waals surface area (Å²) in [7, 11) is 1.78. The third-order valence-corrected chi connectivity index (χ3v) is 2.84. The number of aromatic nitrogens is 1. The molecule has 4 heteroatoms. The molecule has 1 atom stereocenters. The van der Waals surface area contributed by atoms with E-state index in [9.17, 15) is 4.39 Å². The van der Waals surface area contributed by atoms with E-state index in [1.54, 1.807) is 36.3 Å². The highest BCUT2D eigenvalue weighted by Crippen LogP contribution is 2.29. The van der Waals surface area contributed by atoms with Crippen molar-refractivity contribution in [3.05, 3.63) is 54.0 Å². The van der Waals surface area contributed by atoms with E-state index in [2.05, 4.69) is 4.98 Å². The molecular formula is C14H16FN3. The summed E-state index contributed by atoms with van der Waals surface area (Å²) >= 11 is 0. The van der Waals surface area contributed by atoms with Gasteiger partial charge in [0.25, 0.3) is 0 Å². The van der Waals surface area contributed by atoms with Crippen LogP contribution in [-0.4, -0.2) is 12.0 Å². The highest BCUT2D eigenvalue weighted by Gasteiger charge is 2.15. The molecule has 2 rings (SSSR count). The van der Waals surface area contributed by atoms with Crippen molar-refractivity contribution in [3.63, 3.8) is 0 Å². The van der Waals surface area contributed by atoms with Gasteiger partial charge in [-0.2, -0.15) is 0 Å². The zero-order valence-corrected chi connectivity index (χ0v) is 10.5. The average Bonchev–Trinajstić information content (AvgIpc) is 2.38. The van der Waals surface area contributed by atoms with E-state index in [4.69, 9.17) is 5.73 Å². The van der Waals surface area contributed by atoms with Gasteiger partial charge in [0.15, 0.2) is 0 Å². The lowest BCUT2D eigenvalue weighted by molar-refractivity contribution is 0.627. The first-order chi connectivity index (χ1) is 8.61. The van der Waals surface area contributed by atoms with Crippen molar-refractivity contribution in [2.75, 3.05) is 11.9 Å². The standard InChI is InChI=1S/C14H16FN3/c1-10(16)11-6-5-9-17-14(11)18(2)13-8-4-3-7-12(13)15/h3-10H,16H2,1-2H3. The Kier molecular flexibility index (Phi) is 3.58. The fourth-order valence-electron chi connectivity index (χ4n) is 1.88. The predicted molar refractivity (Wildman–Crippen MR) is 71.3 cm³/mol. The maximum absolute atomic E-state index is 13.8.